The van der Waals surface area contributed by atoms with Crippen LogP contribution in [-0.4, -0.2) is 11.5 Å². The van der Waals surface area contributed by atoms with Crippen LogP contribution in [0.5, 0.6) is 0 Å². The molecule has 0 aliphatic heterocycles. The first-order valence-corrected chi connectivity index (χ1v) is 6.50. The van der Waals surface area contributed by atoms with E-state index in [2.05, 4.69) is 39.5 Å². The minimum Gasteiger partial charge on any atom is -0.158 e. The van der Waals surface area contributed by atoms with Gasteiger partial charge in [-0.25, -0.2) is 0 Å². The van der Waals surface area contributed by atoms with E-state index in [1.807, 2.05) is 0 Å². The zero-order chi connectivity index (χ0) is 9.90. The van der Waals surface area contributed by atoms with Gasteiger partial charge in [-0.1, -0.05) is 31.9 Å². The molecule has 0 fully saturated rings. The van der Waals surface area contributed by atoms with Gasteiger partial charge in [0.1, 0.15) is 0 Å². The zero-order valence-corrected chi connectivity index (χ0v) is 10.3. The van der Waals surface area contributed by atoms with E-state index in [-0.39, 0.29) is 0 Å². The van der Waals surface area contributed by atoms with Crippen molar-refractivity contribution in [3.63, 3.8) is 0 Å². The Morgan fingerprint density at radius 2 is 2.08 bits per heavy atom. The summed E-state index contributed by atoms with van der Waals surface area (Å²) >= 11 is 2.06. The van der Waals surface area contributed by atoms with Crippen molar-refractivity contribution in [3.05, 3.63) is 11.1 Å². The number of allylic oxidation sites excluding steroid dienone is 1. The third-order valence-electron chi connectivity index (χ3n) is 3.14. The van der Waals surface area contributed by atoms with Crippen molar-refractivity contribution in [3.8, 4) is 0 Å². The Balaban J connectivity index is 2.73. The Morgan fingerprint density at radius 1 is 1.38 bits per heavy atom. The molecule has 0 nitrogen and oxygen atoms in total. The molecule has 0 spiro atoms. The summed E-state index contributed by atoms with van der Waals surface area (Å²) in [5, 5.41) is 0. The van der Waals surface area contributed by atoms with Gasteiger partial charge in [-0.2, -0.15) is 11.8 Å². The molecule has 0 atom stereocenters. The molecule has 0 amide bonds. The topological polar surface area (TPSA) is 0 Å². The lowest BCUT2D eigenvalue weighted by atomic mass is 9.73. The molecule has 0 saturated carbocycles. The fraction of sp³-hybridized carbons (Fsp3) is 0.833. The average Bonchev–Trinajstić information content (AvgIpc) is 2.02. The van der Waals surface area contributed by atoms with Crippen LogP contribution in [0.15, 0.2) is 11.1 Å². The number of hydrogen-bond donors (Lipinski definition) is 0. The molecule has 0 radical (unpaired) electrons. The maximum Gasteiger partial charge on any atom is 0.0151 e. The van der Waals surface area contributed by atoms with Crippen molar-refractivity contribution in [2.24, 2.45) is 5.41 Å². The van der Waals surface area contributed by atoms with Gasteiger partial charge in [0.2, 0.25) is 0 Å². The minimum atomic E-state index is 0.477. The van der Waals surface area contributed by atoms with E-state index in [0.717, 1.165) is 0 Å². The zero-order valence-electron chi connectivity index (χ0n) is 9.44. The third kappa shape index (κ3) is 2.77. The van der Waals surface area contributed by atoms with Crippen LogP contribution >= 0.6 is 11.8 Å². The highest BCUT2D eigenvalue weighted by Crippen LogP contribution is 2.41. The van der Waals surface area contributed by atoms with Crippen molar-refractivity contribution in [1.82, 2.24) is 0 Å². The van der Waals surface area contributed by atoms with Crippen LogP contribution in [-0.2, 0) is 0 Å². The van der Waals surface area contributed by atoms with Crippen LogP contribution in [0, 0.1) is 5.41 Å². The number of thioether (sulfide) groups is 1. The minimum absolute atomic E-state index is 0.477. The first-order valence-electron chi connectivity index (χ1n) is 5.35. The first kappa shape index (κ1) is 11.2. The molecule has 1 aliphatic rings. The molecular formula is C12H22S. The van der Waals surface area contributed by atoms with Crippen LogP contribution in [0.25, 0.3) is 0 Å². The second-order valence-corrected chi connectivity index (χ2v) is 5.91. The summed E-state index contributed by atoms with van der Waals surface area (Å²) in [6, 6.07) is 0. The molecule has 0 aromatic carbocycles. The maximum absolute atomic E-state index is 2.40. The maximum atomic E-state index is 2.40. The first-order chi connectivity index (χ1) is 6.08. The van der Waals surface area contributed by atoms with Crippen molar-refractivity contribution >= 4 is 11.8 Å². The van der Waals surface area contributed by atoms with Crippen LogP contribution in [0.2, 0.25) is 0 Å². The van der Waals surface area contributed by atoms with Gasteiger partial charge in [0.25, 0.3) is 0 Å². The molecule has 13 heavy (non-hydrogen) atoms. The molecule has 0 N–H and O–H groups in total. The molecule has 0 saturated heterocycles. The fourth-order valence-corrected chi connectivity index (χ4v) is 3.24. The van der Waals surface area contributed by atoms with E-state index in [1.54, 1.807) is 11.1 Å². The largest absolute Gasteiger partial charge is 0.158 e. The predicted molar refractivity (Wildman–Crippen MR) is 63.3 cm³/mol. The summed E-state index contributed by atoms with van der Waals surface area (Å²) in [6.07, 6.45) is 4.10. The molecule has 1 aliphatic carbocycles. The highest BCUT2D eigenvalue weighted by Gasteiger charge is 2.27. The van der Waals surface area contributed by atoms with E-state index in [1.165, 1.54) is 30.8 Å². The second-order valence-electron chi connectivity index (χ2n) is 4.63. The van der Waals surface area contributed by atoms with Crippen LogP contribution in [0.4, 0.5) is 0 Å². The lowest BCUT2D eigenvalue weighted by Crippen LogP contribution is -2.21. The smallest absolute Gasteiger partial charge is 0.0151 e. The van der Waals surface area contributed by atoms with Gasteiger partial charge in [-0.3, -0.25) is 0 Å². The van der Waals surface area contributed by atoms with Gasteiger partial charge in [-0.15, -0.1) is 0 Å². The highest BCUT2D eigenvalue weighted by molar-refractivity contribution is 7.99. The Hall–Kier alpha value is 0.0900. The molecule has 0 heterocycles. The lowest BCUT2D eigenvalue weighted by Gasteiger charge is -2.34. The normalized spacial score (nSPS) is 22.2. The SMILES string of the molecule is CCSCC1=C(C)CCCC1(C)C. The van der Waals surface area contributed by atoms with Crippen molar-refractivity contribution in [2.75, 3.05) is 11.5 Å². The summed E-state index contributed by atoms with van der Waals surface area (Å²) in [5.41, 5.74) is 3.87. The standard InChI is InChI=1S/C12H22S/c1-5-13-9-11-10(2)7-6-8-12(11,3)4/h5-9H2,1-4H3. The van der Waals surface area contributed by atoms with E-state index < -0.39 is 0 Å². The number of rotatable bonds is 3. The van der Waals surface area contributed by atoms with Crippen molar-refractivity contribution in [1.29, 1.82) is 0 Å². The predicted octanol–water partition coefficient (Wildman–Crippen LogP) is 4.27. The molecule has 1 rings (SSSR count). The Kier molecular flexibility index (Phi) is 3.90. The van der Waals surface area contributed by atoms with Crippen LogP contribution in [0.3, 0.4) is 0 Å². The molecule has 0 unspecified atom stereocenters. The third-order valence-corrected chi connectivity index (χ3v) is 4.04. The summed E-state index contributed by atoms with van der Waals surface area (Å²) < 4.78 is 0. The Bertz CT molecular complexity index is 201. The molecule has 0 bridgehead atoms. The Labute approximate surface area is 87.2 Å². The molecule has 1 heteroatoms. The van der Waals surface area contributed by atoms with Gasteiger partial charge in [0, 0.05) is 5.75 Å². The van der Waals surface area contributed by atoms with Gasteiger partial charge in [-0.05, 0) is 37.4 Å². The van der Waals surface area contributed by atoms with E-state index in [4.69, 9.17) is 0 Å². The van der Waals surface area contributed by atoms with Gasteiger partial charge >= 0.3 is 0 Å². The molecule has 0 aromatic rings. The lowest BCUT2D eigenvalue weighted by molar-refractivity contribution is 0.369. The summed E-state index contributed by atoms with van der Waals surface area (Å²) in [7, 11) is 0. The van der Waals surface area contributed by atoms with E-state index in [9.17, 15) is 0 Å². The quantitative estimate of drug-likeness (QED) is 0.610. The molecular weight excluding hydrogens is 176 g/mol. The monoisotopic (exact) mass is 198 g/mol. The van der Waals surface area contributed by atoms with Crippen LogP contribution in [0.1, 0.15) is 47.0 Å². The van der Waals surface area contributed by atoms with Gasteiger partial charge < -0.3 is 0 Å². The second kappa shape index (κ2) is 4.54. The Morgan fingerprint density at radius 3 is 2.62 bits per heavy atom. The summed E-state index contributed by atoms with van der Waals surface area (Å²) in [4.78, 5) is 0. The summed E-state index contributed by atoms with van der Waals surface area (Å²) in [6.45, 7) is 9.38. The van der Waals surface area contributed by atoms with E-state index in [0.29, 0.717) is 5.41 Å². The summed E-state index contributed by atoms with van der Waals surface area (Å²) in [5.74, 6) is 2.50. The van der Waals surface area contributed by atoms with Crippen LogP contribution < -0.4 is 0 Å². The van der Waals surface area contributed by atoms with Crippen molar-refractivity contribution < 1.29 is 0 Å². The van der Waals surface area contributed by atoms with Gasteiger partial charge in [0.15, 0.2) is 0 Å². The molecule has 76 valence electrons. The van der Waals surface area contributed by atoms with Crippen molar-refractivity contribution in [2.45, 2.75) is 47.0 Å². The number of hydrogen-bond acceptors (Lipinski definition) is 1. The van der Waals surface area contributed by atoms with Gasteiger partial charge in [0.05, 0.1) is 0 Å². The molecule has 0 aromatic heterocycles. The average molecular weight is 198 g/mol. The van der Waals surface area contributed by atoms with E-state index >= 15 is 0 Å². The highest BCUT2D eigenvalue weighted by atomic mass is 32.2. The fourth-order valence-electron chi connectivity index (χ4n) is 2.20.